The molecule has 1 N–H and O–H groups in total. The van der Waals surface area contributed by atoms with Crippen LogP contribution in [0.15, 0.2) is 22.7 Å². The number of aryl methyl sites for hydroxylation is 1. The van der Waals surface area contributed by atoms with Gasteiger partial charge in [-0.3, -0.25) is 0 Å². The van der Waals surface area contributed by atoms with E-state index in [1.807, 2.05) is 6.07 Å². The average molecular weight is 246 g/mol. The van der Waals surface area contributed by atoms with Crippen molar-refractivity contribution < 1.29 is 8.91 Å². The minimum atomic E-state index is -0.440. The van der Waals surface area contributed by atoms with Gasteiger partial charge in [-0.1, -0.05) is 5.16 Å². The Hall–Kier alpha value is -2.42. The summed E-state index contributed by atoms with van der Waals surface area (Å²) in [5.74, 6) is 0.671. The molecule has 5 nitrogen and oxygen atoms in total. The molecule has 2 rings (SSSR count). The third-order valence-electron chi connectivity index (χ3n) is 2.26. The van der Waals surface area contributed by atoms with Crippen LogP contribution in [0.25, 0.3) is 0 Å². The summed E-state index contributed by atoms with van der Waals surface area (Å²) in [6.07, 6.45) is 0.541. The number of nitrogens with zero attached hydrogens (tertiary/aromatic N) is 3. The first kappa shape index (κ1) is 12.0. The molecule has 0 bridgehead atoms. The second-order valence-electron chi connectivity index (χ2n) is 3.75. The third-order valence-corrected chi connectivity index (χ3v) is 2.26. The van der Waals surface area contributed by atoms with Gasteiger partial charge in [0.2, 0.25) is 5.89 Å². The Morgan fingerprint density at radius 2 is 2.28 bits per heavy atom. The van der Waals surface area contributed by atoms with Crippen molar-refractivity contribution in [2.45, 2.75) is 13.3 Å². The van der Waals surface area contributed by atoms with Crippen LogP contribution in [0.2, 0.25) is 0 Å². The summed E-state index contributed by atoms with van der Waals surface area (Å²) in [4.78, 5) is 4.05. The minimum Gasteiger partial charge on any atom is -0.384 e. The van der Waals surface area contributed by atoms with Crippen molar-refractivity contribution in [1.82, 2.24) is 10.1 Å². The molecule has 0 radical (unpaired) electrons. The van der Waals surface area contributed by atoms with Gasteiger partial charge in [-0.25, -0.2) is 4.39 Å². The zero-order valence-corrected chi connectivity index (χ0v) is 9.77. The van der Waals surface area contributed by atoms with Crippen molar-refractivity contribution >= 4 is 5.69 Å². The molecule has 0 saturated carbocycles. The van der Waals surface area contributed by atoms with E-state index in [9.17, 15) is 4.39 Å². The van der Waals surface area contributed by atoms with Gasteiger partial charge in [0.05, 0.1) is 11.6 Å². The normalized spacial score (nSPS) is 10.1. The molecule has 0 aliphatic rings. The molecule has 2 aromatic rings. The molecule has 18 heavy (non-hydrogen) atoms. The molecule has 0 aliphatic heterocycles. The SMILES string of the molecule is Cc1noc(CCNc2cc(F)cc(C#N)c2)n1. The Labute approximate surface area is 103 Å². The number of halogens is 1. The van der Waals surface area contributed by atoms with E-state index >= 15 is 0 Å². The topological polar surface area (TPSA) is 74.7 Å². The highest BCUT2D eigenvalue weighted by atomic mass is 19.1. The van der Waals surface area contributed by atoms with Crippen molar-refractivity contribution in [2.75, 3.05) is 11.9 Å². The predicted molar refractivity (Wildman–Crippen MR) is 62.3 cm³/mol. The van der Waals surface area contributed by atoms with Crippen LogP contribution < -0.4 is 5.32 Å². The van der Waals surface area contributed by atoms with Crippen LogP contribution >= 0.6 is 0 Å². The summed E-state index contributed by atoms with van der Waals surface area (Å²) in [6, 6.07) is 6.00. The summed E-state index contributed by atoms with van der Waals surface area (Å²) in [5, 5.41) is 15.4. The van der Waals surface area contributed by atoms with E-state index in [4.69, 9.17) is 9.78 Å². The van der Waals surface area contributed by atoms with Crippen molar-refractivity contribution in [3.8, 4) is 6.07 Å². The molecule has 0 atom stereocenters. The van der Waals surface area contributed by atoms with E-state index in [1.165, 1.54) is 12.1 Å². The fourth-order valence-corrected chi connectivity index (χ4v) is 1.51. The van der Waals surface area contributed by atoms with Gasteiger partial charge in [-0.05, 0) is 25.1 Å². The van der Waals surface area contributed by atoms with Gasteiger partial charge in [0.1, 0.15) is 5.82 Å². The molecular formula is C12H11FN4O. The molecule has 1 heterocycles. The number of benzene rings is 1. The monoisotopic (exact) mass is 246 g/mol. The Morgan fingerprint density at radius 3 is 2.94 bits per heavy atom. The standard InChI is InChI=1S/C12H11FN4O/c1-8-16-12(18-17-8)2-3-15-11-5-9(7-14)4-10(13)6-11/h4-6,15H,2-3H2,1H3. The fraction of sp³-hybridized carbons (Fsp3) is 0.250. The summed E-state index contributed by atoms with van der Waals surface area (Å²) in [7, 11) is 0. The van der Waals surface area contributed by atoms with Crippen LogP contribution in [0.3, 0.4) is 0 Å². The predicted octanol–water partition coefficient (Wildman–Crippen LogP) is 2.04. The fourth-order valence-electron chi connectivity index (χ4n) is 1.51. The Morgan fingerprint density at radius 1 is 1.44 bits per heavy atom. The summed E-state index contributed by atoms with van der Waals surface area (Å²) in [5.41, 5.74) is 0.842. The quantitative estimate of drug-likeness (QED) is 0.893. The van der Waals surface area contributed by atoms with Gasteiger partial charge >= 0.3 is 0 Å². The van der Waals surface area contributed by atoms with Crippen LogP contribution in [0.5, 0.6) is 0 Å². The molecule has 6 heteroatoms. The summed E-state index contributed by atoms with van der Waals surface area (Å²) < 4.78 is 18.1. The van der Waals surface area contributed by atoms with Crippen LogP contribution in [-0.2, 0) is 6.42 Å². The summed E-state index contributed by atoms with van der Waals surface area (Å²) >= 11 is 0. The first-order valence-electron chi connectivity index (χ1n) is 5.41. The first-order chi connectivity index (χ1) is 8.67. The van der Waals surface area contributed by atoms with Gasteiger partial charge in [0.15, 0.2) is 5.82 Å². The van der Waals surface area contributed by atoms with Crippen LogP contribution in [0.1, 0.15) is 17.3 Å². The first-order valence-corrected chi connectivity index (χ1v) is 5.41. The Kier molecular flexibility index (Phi) is 3.53. The smallest absolute Gasteiger partial charge is 0.228 e. The molecule has 0 fully saturated rings. The lowest BCUT2D eigenvalue weighted by molar-refractivity contribution is 0.377. The van der Waals surface area contributed by atoms with Gasteiger partial charge < -0.3 is 9.84 Å². The van der Waals surface area contributed by atoms with Crippen molar-refractivity contribution in [3.05, 3.63) is 41.3 Å². The molecule has 92 valence electrons. The van der Waals surface area contributed by atoms with Crippen molar-refractivity contribution in [2.24, 2.45) is 0 Å². The molecule has 1 aromatic carbocycles. The molecule has 0 aliphatic carbocycles. The molecule has 0 amide bonds. The highest BCUT2D eigenvalue weighted by molar-refractivity contribution is 5.49. The molecular weight excluding hydrogens is 235 g/mol. The second kappa shape index (κ2) is 5.27. The largest absolute Gasteiger partial charge is 0.384 e. The number of anilines is 1. The summed E-state index contributed by atoms with van der Waals surface area (Å²) in [6.45, 7) is 2.27. The number of nitrogens with one attached hydrogen (secondary N) is 1. The minimum absolute atomic E-state index is 0.283. The molecule has 0 unspecified atom stereocenters. The van der Waals surface area contributed by atoms with E-state index < -0.39 is 5.82 Å². The molecule has 1 aromatic heterocycles. The van der Waals surface area contributed by atoms with E-state index in [1.54, 1.807) is 13.0 Å². The maximum Gasteiger partial charge on any atom is 0.228 e. The number of hydrogen-bond acceptors (Lipinski definition) is 5. The van der Waals surface area contributed by atoms with E-state index in [-0.39, 0.29) is 5.56 Å². The van der Waals surface area contributed by atoms with Crippen molar-refractivity contribution in [1.29, 1.82) is 5.26 Å². The third kappa shape index (κ3) is 3.04. The van der Waals surface area contributed by atoms with Crippen LogP contribution in [0, 0.1) is 24.1 Å². The number of hydrogen-bond donors (Lipinski definition) is 1. The maximum absolute atomic E-state index is 13.1. The molecule has 0 saturated heterocycles. The lowest BCUT2D eigenvalue weighted by Crippen LogP contribution is -2.05. The van der Waals surface area contributed by atoms with Gasteiger partial charge in [-0.2, -0.15) is 10.2 Å². The Balaban J connectivity index is 1.94. The Bertz CT molecular complexity index is 588. The highest BCUT2D eigenvalue weighted by Gasteiger charge is 2.03. The van der Waals surface area contributed by atoms with Gasteiger partial charge in [-0.15, -0.1) is 0 Å². The maximum atomic E-state index is 13.1. The lowest BCUT2D eigenvalue weighted by atomic mass is 10.2. The average Bonchev–Trinajstić information content (AvgIpc) is 2.74. The van der Waals surface area contributed by atoms with Gasteiger partial charge in [0.25, 0.3) is 0 Å². The number of nitriles is 1. The highest BCUT2D eigenvalue weighted by Crippen LogP contribution is 2.13. The molecule has 0 spiro atoms. The second-order valence-corrected chi connectivity index (χ2v) is 3.75. The van der Waals surface area contributed by atoms with E-state index in [0.29, 0.717) is 30.4 Å². The van der Waals surface area contributed by atoms with Crippen molar-refractivity contribution in [3.63, 3.8) is 0 Å². The number of rotatable bonds is 4. The van der Waals surface area contributed by atoms with Crippen LogP contribution in [-0.4, -0.2) is 16.7 Å². The zero-order valence-electron chi connectivity index (χ0n) is 9.77. The lowest BCUT2D eigenvalue weighted by Gasteiger charge is -2.05. The van der Waals surface area contributed by atoms with Gasteiger partial charge in [0, 0.05) is 18.7 Å². The number of aromatic nitrogens is 2. The van der Waals surface area contributed by atoms with E-state index in [0.717, 1.165) is 0 Å². The van der Waals surface area contributed by atoms with Crippen LogP contribution in [0.4, 0.5) is 10.1 Å². The zero-order chi connectivity index (χ0) is 13.0. The van der Waals surface area contributed by atoms with E-state index in [2.05, 4.69) is 15.5 Å².